The summed E-state index contributed by atoms with van der Waals surface area (Å²) >= 11 is 0. The predicted octanol–water partition coefficient (Wildman–Crippen LogP) is 2.68. The molecule has 21 heavy (non-hydrogen) atoms. The third-order valence-electron chi connectivity index (χ3n) is 3.25. The van der Waals surface area contributed by atoms with E-state index < -0.39 is 6.04 Å². The Morgan fingerprint density at radius 2 is 2.33 bits per heavy atom. The summed E-state index contributed by atoms with van der Waals surface area (Å²) < 4.78 is 13.8. The predicted molar refractivity (Wildman–Crippen MR) is 85.3 cm³/mol. The Balaban J connectivity index is 2.82. The topological polar surface area (TPSA) is 60.1 Å². The Labute approximate surface area is 125 Å². The van der Waals surface area contributed by atoms with Crippen LogP contribution in [0.2, 0.25) is 0 Å². The molecule has 3 N–H and O–H groups in total. The number of nitrogens with one attached hydrogen (secondary N) is 1. The molecule has 1 atom stereocenters. The van der Waals surface area contributed by atoms with Crippen molar-refractivity contribution in [3.8, 4) is 0 Å². The van der Waals surface area contributed by atoms with Crippen molar-refractivity contribution in [1.82, 2.24) is 10.1 Å². The quantitative estimate of drug-likeness (QED) is 0.724. The molecule has 0 aliphatic heterocycles. The number of aromatic nitrogens is 1. The van der Waals surface area contributed by atoms with Crippen LogP contribution in [0.1, 0.15) is 43.5 Å². The average molecular weight is 293 g/mol. The lowest BCUT2D eigenvalue weighted by Crippen LogP contribution is -2.42. The van der Waals surface area contributed by atoms with Gasteiger partial charge >= 0.3 is 0 Å². The third-order valence-corrected chi connectivity index (χ3v) is 3.25. The SMILES string of the molecule is C=Cc1c(/C=C\C)c(CC(N)C(=O)NCCCC)cn1F. The summed E-state index contributed by atoms with van der Waals surface area (Å²) in [5, 5.41) is 2.79. The molecule has 1 amide bonds. The number of carbonyl (C=O) groups excluding carboxylic acids is 1. The van der Waals surface area contributed by atoms with Gasteiger partial charge in [-0.1, -0.05) is 36.6 Å². The zero-order valence-electron chi connectivity index (χ0n) is 12.7. The number of nitrogens with zero attached hydrogens (tertiary/aromatic N) is 1. The van der Waals surface area contributed by atoms with Crippen molar-refractivity contribution in [1.29, 1.82) is 0 Å². The van der Waals surface area contributed by atoms with Gasteiger partial charge in [-0.2, -0.15) is 4.79 Å². The zero-order chi connectivity index (χ0) is 15.8. The minimum Gasteiger partial charge on any atom is -0.355 e. The number of carbonyl (C=O) groups is 1. The second kappa shape index (κ2) is 8.42. The van der Waals surface area contributed by atoms with Crippen LogP contribution in [-0.4, -0.2) is 23.3 Å². The highest BCUT2D eigenvalue weighted by atomic mass is 19.2. The van der Waals surface area contributed by atoms with E-state index in [0.717, 1.165) is 12.8 Å². The van der Waals surface area contributed by atoms with Crippen molar-refractivity contribution in [2.45, 2.75) is 39.2 Å². The molecule has 0 fully saturated rings. The van der Waals surface area contributed by atoms with Crippen molar-refractivity contribution in [3.05, 3.63) is 35.7 Å². The Morgan fingerprint density at radius 1 is 1.62 bits per heavy atom. The number of allylic oxidation sites excluding steroid dienone is 1. The molecule has 0 aliphatic rings. The van der Waals surface area contributed by atoms with Crippen LogP contribution >= 0.6 is 0 Å². The van der Waals surface area contributed by atoms with Gasteiger partial charge in [0, 0.05) is 18.3 Å². The van der Waals surface area contributed by atoms with E-state index >= 15 is 0 Å². The maximum absolute atomic E-state index is 13.8. The second-order valence-corrected chi connectivity index (χ2v) is 4.92. The van der Waals surface area contributed by atoms with Gasteiger partial charge in [0.25, 0.3) is 0 Å². The van der Waals surface area contributed by atoms with E-state index in [4.69, 9.17) is 5.73 Å². The molecule has 0 bridgehead atoms. The summed E-state index contributed by atoms with van der Waals surface area (Å²) in [4.78, 5) is 12.4. The van der Waals surface area contributed by atoms with Crippen LogP contribution in [0.3, 0.4) is 0 Å². The van der Waals surface area contributed by atoms with Crippen LogP contribution in [0.15, 0.2) is 18.9 Å². The van der Waals surface area contributed by atoms with Gasteiger partial charge < -0.3 is 11.1 Å². The van der Waals surface area contributed by atoms with Gasteiger partial charge in [-0.05, 0) is 31.4 Å². The largest absolute Gasteiger partial charge is 0.355 e. The Kier molecular flexibility index (Phi) is 6.88. The van der Waals surface area contributed by atoms with Crippen molar-refractivity contribution in [3.63, 3.8) is 0 Å². The monoisotopic (exact) mass is 293 g/mol. The minimum atomic E-state index is -0.689. The molecule has 0 aliphatic carbocycles. The van der Waals surface area contributed by atoms with Crippen molar-refractivity contribution in [2.75, 3.05) is 6.54 Å². The van der Waals surface area contributed by atoms with Crippen molar-refractivity contribution >= 4 is 18.1 Å². The first-order valence-electron chi connectivity index (χ1n) is 7.23. The number of hydrogen-bond donors (Lipinski definition) is 2. The maximum atomic E-state index is 13.8. The smallest absolute Gasteiger partial charge is 0.237 e. The fourth-order valence-electron chi connectivity index (χ4n) is 2.12. The van der Waals surface area contributed by atoms with E-state index in [9.17, 15) is 9.28 Å². The van der Waals surface area contributed by atoms with E-state index in [0.29, 0.717) is 28.2 Å². The van der Waals surface area contributed by atoms with Gasteiger partial charge in [0.2, 0.25) is 5.91 Å². The Bertz CT molecular complexity index is 520. The molecule has 0 saturated heterocycles. The lowest BCUT2D eigenvalue weighted by atomic mass is 10.0. The second-order valence-electron chi connectivity index (χ2n) is 4.92. The average Bonchev–Trinajstić information content (AvgIpc) is 2.74. The molecule has 0 radical (unpaired) electrons. The van der Waals surface area contributed by atoms with Crippen LogP contribution in [0.25, 0.3) is 12.2 Å². The van der Waals surface area contributed by atoms with Gasteiger partial charge in [-0.3, -0.25) is 4.79 Å². The number of amides is 1. The molecule has 0 saturated carbocycles. The highest BCUT2D eigenvalue weighted by molar-refractivity contribution is 5.82. The number of hydrogen-bond acceptors (Lipinski definition) is 2. The fraction of sp³-hybridized carbons (Fsp3) is 0.438. The molecule has 1 rings (SSSR count). The van der Waals surface area contributed by atoms with Crippen LogP contribution in [0, 0.1) is 0 Å². The summed E-state index contributed by atoms with van der Waals surface area (Å²) in [6, 6.07) is -0.689. The Hall–Kier alpha value is -1.88. The molecular formula is C16H24FN3O. The summed E-state index contributed by atoms with van der Waals surface area (Å²) in [6.07, 6.45) is 8.63. The number of rotatable bonds is 8. The molecule has 116 valence electrons. The highest BCUT2D eigenvalue weighted by Crippen LogP contribution is 2.22. The summed E-state index contributed by atoms with van der Waals surface area (Å²) in [7, 11) is 0. The number of nitrogens with two attached hydrogens (primary N) is 1. The molecule has 1 unspecified atom stereocenters. The molecule has 4 nitrogen and oxygen atoms in total. The van der Waals surface area contributed by atoms with Crippen molar-refractivity contribution < 1.29 is 9.28 Å². The molecule has 1 heterocycles. The summed E-state index contributed by atoms with van der Waals surface area (Å²) in [6.45, 7) is 8.13. The third kappa shape index (κ3) is 4.56. The number of halogens is 1. The number of unbranched alkanes of at least 4 members (excludes halogenated alkanes) is 1. The van der Waals surface area contributed by atoms with Gasteiger partial charge in [0.05, 0.1) is 11.7 Å². The minimum absolute atomic E-state index is 0.207. The Morgan fingerprint density at radius 3 is 2.90 bits per heavy atom. The van der Waals surface area contributed by atoms with E-state index in [1.165, 1.54) is 12.3 Å². The molecule has 0 aromatic carbocycles. The molecular weight excluding hydrogens is 269 g/mol. The van der Waals surface area contributed by atoms with E-state index in [2.05, 4.69) is 18.8 Å². The summed E-state index contributed by atoms with van der Waals surface area (Å²) in [5.74, 6) is -0.207. The van der Waals surface area contributed by atoms with Crippen molar-refractivity contribution in [2.24, 2.45) is 5.73 Å². The highest BCUT2D eigenvalue weighted by Gasteiger charge is 2.18. The van der Waals surface area contributed by atoms with Crippen LogP contribution < -0.4 is 11.1 Å². The van der Waals surface area contributed by atoms with Gasteiger partial charge in [-0.15, -0.1) is 0 Å². The molecule has 0 spiro atoms. The van der Waals surface area contributed by atoms with Crippen LogP contribution in [0.5, 0.6) is 0 Å². The van der Waals surface area contributed by atoms with Crippen LogP contribution in [0.4, 0.5) is 4.48 Å². The normalized spacial score (nSPS) is 12.6. The summed E-state index contributed by atoms with van der Waals surface area (Å²) in [5.41, 5.74) is 7.69. The molecule has 1 aromatic rings. The van der Waals surface area contributed by atoms with Gasteiger partial charge in [-0.25, -0.2) is 0 Å². The first-order valence-corrected chi connectivity index (χ1v) is 7.23. The van der Waals surface area contributed by atoms with E-state index in [1.807, 2.05) is 13.0 Å². The first-order chi connectivity index (χ1) is 10.0. The van der Waals surface area contributed by atoms with Crippen LogP contribution in [-0.2, 0) is 11.2 Å². The molecule has 5 heteroatoms. The van der Waals surface area contributed by atoms with Gasteiger partial charge in [0.15, 0.2) is 0 Å². The first kappa shape index (κ1) is 17.2. The lowest BCUT2D eigenvalue weighted by Gasteiger charge is -2.12. The van der Waals surface area contributed by atoms with Gasteiger partial charge in [0.1, 0.15) is 0 Å². The molecule has 1 aromatic heterocycles. The maximum Gasteiger partial charge on any atom is 0.237 e. The fourth-order valence-corrected chi connectivity index (χ4v) is 2.12. The zero-order valence-corrected chi connectivity index (χ0v) is 12.7. The standard InChI is InChI=1S/C16H24FN3O/c1-4-7-9-19-16(21)14(18)10-12-11-20(17)15(6-3)13(12)8-5-2/h5-6,8,11,14H,3-4,7,9-10,18H2,1-2H3,(H,19,21)/b8-5-. The van der Waals surface area contributed by atoms with E-state index in [1.54, 1.807) is 6.08 Å². The lowest BCUT2D eigenvalue weighted by molar-refractivity contribution is -0.122. The van der Waals surface area contributed by atoms with E-state index in [-0.39, 0.29) is 12.3 Å².